The quantitative estimate of drug-likeness (QED) is 0.779. The van der Waals surface area contributed by atoms with E-state index in [1.54, 1.807) is 0 Å². The first-order chi connectivity index (χ1) is 10.3. The Morgan fingerprint density at radius 1 is 1.48 bits per heavy atom. The van der Waals surface area contributed by atoms with Crippen molar-refractivity contribution in [2.45, 2.75) is 43.4 Å². The van der Waals surface area contributed by atoms with Crippen LogP contribution in [0.25, 0.3) is 11.0 Å². The number of thioether (sulfide) groups is 1. The van der Waals surface area contributed by atoms with Gasteiger partial charge in [-0.05, 0) is 43.2 Å². The van der Waals surface area contributed by atoms with Crippen LogP contribution in [0.1, 0.15) is 43.6 Å². The van der Waals surface area contributed by atoms with E-state index >= 15 is 0 Å². The van der Waals surface area contributed by atoms with Crippen LogP contribution < -0.4 is 0 Å². The molecular weight excluding hydrogens is 302 g/mol. The molecule has 0 radical (unpaired) electrons. The molecule has 3 rings (SSSR count). The lowest BCUT2D eigenvalue weighted by molar-refractivity contribution is 0.519. The molecule has 0 N–H and O–H groups in total. The first-order valence-corrected chi connectivity index (χ1v) is 8.93. The van der Waals surface area contributed by atoms with Crippen molar-refractivity contribution in [2.75, 3.05) is 5.75 Å². The van der Waals surface area contributed by atoms with Crippen molar-refractivity contribution >= 4 is 34.4 Å². The number of aromatic nitrogens is 2. The number of fused-ring (bicyclic) bond motifs is 1. The molecule has 1 aliphatic carbocycles. The van der Waals surface area contributed by atoms with E-state index in [-0.39, 0.29) is 0 Å². The number of hydrogen-bond acceptors (Lipinski definition) is 3. The third kappa shape index (κ3) is 2.77. The Kier molecular flexibility index (Phi) is 4.42. The molecule has 1 aromatic carbocycles. The van der Waals surface area contributed by atoms with Crippen LogP contribution in [0.4, 0.5) is 0 Å². The predicted molar refractivity (Wildman–Crippen MR) is 88.8 cm³/mol. The van der Waals surface area contributed by atoms with Gasteiger partial charge in [0.15, 0.2) is 0 Å². The topological polar surface area (TPSA) is 41.6 Å². The van der Waals surface area contributed by atoms with Crippen LogP contribution >= 0.6 is 23.4 Å². The van der Waals surface area contributed by atoms with Crippen molar-refractivity contribution in [3.63, 3.8) is 0 Å². The number of rotatable bonds is 4. The van der Waals surface area contributed by atoms with Gasteiger partial charge in [0, 0.05) is 11.3 Å². The van der Waals surface area contributed by atoms with Gasteiger partial charge >= 0.3 is 0 Å². The molecule has 1 aromatic heterocycles. The van der Waals surface area contributed by atoms with E-state index in [4.69, 9.17) is 16.9 Å². The molecule has 1 saturated carbocycles. The van der Waals surface area contributed by atoms with Crippen molar-refractivity contribution in [3.05, 3.63) is 29.6 Å². The van der Waals surface area contributed by atoms with Crippen LogP contribution in [0.15, 0.2) is 18.2 Å². The molecule has 2 unspecified atom stereocenters. The minimum Gasteiger partial charge on any atom is -0.324 e. The van der Waals surface area contributed by atoms with E-state index in [9.17, 15) is 0 Å². The van der Waals surface area contributed by atoms with Gasteiger partial charge < -0.3 is 4.57 Å². The van der Waals surface area contributed by atoms with Gasteiger partial charge in [0.25, 0.3) is 0 Å². The van der Waals surface area contributed by atoms with E-state index in [1.807, 2.05) is 30.0 Å². The Hall–Kier alpha value is -1.18. The van der Waals surface area contributed by atoms with E-state index in [1.165, 1.54) is 25.0 Å². The Morgan fingerprint density at radius 2 is 2.33 bits per heavy atom. The summed E-state index contributed by atoms with van der Waals surface area (Å²) in [4.78, 5) is 4.64. The Morgan fingerprint density at radius 3 is 3.05 bits per heavy atom. The van der Waals surface area contributed by atoms with E-state index in [0.717, 1.165) is 22.1 Å². The molecule has 0 saturated heterocycles. The third-order valence-electron chi connectivity index (χ3n) is 4.14. The molecule has 21 heavy (non-hydrogen) atoms. The van der Waals surface area contributed by atoms with Crippen molar-refractivity contribution in [1.29, 1.82) is 5.26 Å². The van der Waals surface area contributed by atoms with Crippen molar-refractivity contribution < 1.29 is 0 Å². The van der Waals surface area contributed by atoms with Gasteiger partial charge in [0.05, 0.1) is 28.5 Å². The van der Waals surface area contributed by atoms with Crippen molar-refractivity contribution in [2.24, 2.45) is 0 Å². The summed E-state index contributed by atoms with van der Waals surface area (Å²) in [5.41, 5.74) is 2.68. The smallest absolute Gasteiger partial charge is 0.125 e. The Balaban J connectivity index is 2.02. The maximum Gasteiger partial charge on any atom is 0.125 e. The Labute approximate surface area is 134 Å². The van der Waals surface area contributed by atoms with Gasteiger partial charge in [-0.1, -0.05) is 6.92 Å². The summed E-state index contributed by atoms with van der Waals surface area (Å²) in [6, 6.07) is 8.36. The highest BCUT2D eigenvalue weighted by Crippen LogP contribution is 2.39. The summed E-state index contributed by atoms with van der Waals surface area (Å²) in [6.45, 7) is 2.22. The SMILES string of the molecule is CCSC1CCC(n2c(CCl)nc3ccc(C#N)cc32)C1. The molecule has 1 fully saturated rings. The second-order valence-electron chi connectivity index (χ2n) is 5.39. The van der Waals surface area contributed by atoms with Crippen LogP contribution in [0.5, 0.6) is 0 Å². The molecule has 5 heteroatoms. The highest BCUT2D eigenvalue weighted by molar-refractivity contribution is 7.99. The highest BCUT2D eigenvalue weighted by Gasteiger charge is 2.28. The van der Waals surface area contributed by atoms with Crippen molar-refractivity contribution in [1.82, 2.24) is 9.55 Å². The van der Waals surface area contributed by atoms with E-state index in [0.29, 0.717) is 17.5 Å². The van der Waals surface area contributed by atoms with Crippen LogP contribution in [0.2, 0.25) is 0 Å². The molecular formula is C16H18ClN3S. The third-order valence-corrected chi connectivity index (χ3v) is 5.61. The minimum absolute atomic E-state index is 0.415. The molecule has 1 heterocycles. The molecule has 2 aromatic rings. The van der Waals surface area contributed by atoms with Crippen LogP contribution in [0, 0.1) is 11.3 Å². The second kappa shape index (κ2) is 6.29. The number of halogens is 1. The van der Waals surface area contributed by atoms with Gasteiger partial charge in [-0.25, -0.2) is 4.98 Å². The second-order valence-corrected chi connectivity index (χ2v) is 7.24. The number of nitrogens with zero attached hydrogens (tertiary/aromatic N) is 3. The summed E-state index contributed by atoms with van der Waals surface area (Å²) < 4.78 is 2.28. The molecule has 0 aliphatic heterocycles. The standard InChI is InChI=1S/C16H18ClN3S/c1-2-21-13-5-4-12(8-13)20-15-7-11(10-18)3-6-14(15)19-16(20)9-17/h3,6-7,12-13H,2,4-5,8-9H2,1H3. The number of imidazole rings is 1. The number of alkyl halides is 1. The fraction of sp³-hybridized carbons (Fsp3) is 0.500. The largest absolute Gasteiger partial charge is 0.324 e. The van der Waals surface area contributed by atoms with Crippen LogP contribution in [-0.2, 0) is 5.88 Å². The fourth-order valence-corrected chi connectivity index (χ4v) is 4.57. The van der Waals surface area contributed by atoms with E-state index in [2.05, 4.69) is 22.5 Å². The molecule has 3 nitrogen and oxygen atoms in total. The number of nitriles is 1. The highest BCUT2D eigenvalue weighted by atomic mass is 35.5. The number of hydrogen-bond donors (Lipinski definition) is 0. The summed E-state index contributed by atoms with van der Waals surface area (Å²) in [5.74, 6) is 2.51. The van der Waals surface area contributed by atoms with Gasteiger partial charge in [-0.2, -0.15) is 17.0 Å². The molecule has 1 aliphatic rings. The van der Waals surface area contributed by atoms with Gasteiger partial charge in [0.2, 0.25) is 0 Å². The zero-order chi connectivity index (χ0) is 14.8. The van der Waals surface area contributed by atoms with Crippen LogP contribution in [0.3, 0.4) is 0 Å². The van der Waals surface area contributed by atoms with E-state index < -0.39 is 0 Å². The zero-order valence-corrected chi connectivity index (χ0v) is 13.6. The predicted octanol–water partition coefficient (Wildman–Crippen LogP) is 4.49. The molecule has 0 bridgehead atoms. The Bertz CT molecular complexity index is 689. The normalized spacial score (nSPS) is 21.8. The average molecular weight is 320 g/mol. The lowest BCUT2D eigenvalue weighted by atomic mass is 10.2. The average Bonchev–Trinajstić information content (AvgIpc) is 3.10. The number of benzene rings is 1. The molecule has 110 valence electrons. The van der Waals surface area contributed by atoms with Gasteiger partial charge in [0.1, 0.15) is 5.82 Å². The lowest BCUT2D eigenvalue weighted by Crippen LogP contribution is -2.09. The lowest BCUT2D eigenvalue weighted by Gasteiger charge is -2.16. The summed E-state index contributed by atoms with van der Waals surface area (Å²) in [7, 11) is 0. The summed E-state index contributed by atoms with van der Waals surface area (Å²) >= 11 is 8.15. The molecule has 0 spiro atoms. The zero-order valence-electron chi connectivity index (χ0n) is 12.1. The van der Waals surface area contributed by atoms with Crippen LogP contribution in [-0.4, -0.2) is 20.6 Å². The maximum atomic E-state index is 9.12. The first kappa shape index (κ1) is 14.7. The first-order valence-electron chi connectivity index (χ1n) is 7.35. The molecule has 0 amide bonds. The van der Waals surface area contributed by atoms with Crippen molar-refractivity contribution in [3.8, 4) is 6.07 Å². The van der Waals surface area contributed by atoms with Gasteiger partial charge in [-0.15, -0.1) is 11.6 Å². The fourth-order valence-electron chi connectivity index (χ4n) is 3.25. The summed E-state index contributed by atoms with van der Waals surface area (Å²) in [5, 5.41) is 9.86. The minimum atomic E-state index is 0.415. The van der Waals surface area contributed by atoms with Gasteiger partial charge in [-0.3, -0.25) is 0 Å². The molecule has 2 atom stereocenters. The monoisotopic (exact) mass is 319 g/mol. The summed E-state index contributed by atoms with van der Waals surface area (Å²) in [6.07, 6.45) is 3.59. The maximum absolute atomic E-state index is 9.12.